The van der Waals surface area contributed by atoms with Gasteiger partial charge in [0.2, 0.25) is 0 Å². The van der Waals surface area contributed by atoms with Gasteiger partial charge in [0.1, 0.15) is 18.0 Å². The number of carbonyl (C=O) groups is 1. The number of hydrogen-bond donors (Lipinski definition) is 0. The molecule has 2 aliphatic rings. The average Bonchev–Trinajstić information content (AvgIpc) is 3.34. The van der Waals surface area contributed by atoms with Crippen molar-refractivity contribution >= 4 is 11.6 Å². The molecule has 0 bridgehead atoms. The first kappa shape index (κ1) is 18.9. The van der Waals surface area contributed by atoms with Crippen molar-refractivity contribution in [3.8, 4) is 11.5 Å². The van der Waals surface area contributed by atoms with E-state index in [4.69, 9.17) is 9.47 Å². The molecule has 1 amide bonds. The van der Waals surface area contributed by atoms with Crippen molar-refractivity contribution in [1.29, 1.82) is 0 Å². The molecule has 0 N–H and O–H groups in total. The van der Waals surface area contributed by atoms with Gasteiger partial charge in [-0.3, -0.25) is 0 Å². The predicted molar refractivity (Wildman–Crippen MR) is 107 cm³/mol. The number of ether oxygens (including phenoxy) is 2. The molecule has 2 aromatic rings. The molecule has 0 radical (unpaired) electrons. The summed E-state index contributed by atoms with van der Waals surface area (Å²) in [5.74, 6) is 1.21. The molecule has 0 aromatic heterocycles. The van der Waals surface area contributed by atoms with Gasteiger partial charge in [-0.05, 0) is 37.8 Å². The highest BCUT2D eigenvalue weighted by molar-refractivity contribution is 5.90. The van der Waals surface area contributed by atoms with Crippen LogP contribution in [0.25, 0.3) is 0 Å². The lowest BCUT2D eigenvalue weighted by Gasteiger charge is -2.32. The zero-order valence-electron chi connectivity index (χ0n) is 16.3. The highest BCUT2D eigenvalue weighted by Gasteiger charge is 2.44. The highest BCUT2D eigenvalue weighted by Crippen LogP contribution is 2.40. The summed E-state index contributed by atoms with van der Waals surface area (Å²) in [5.41, 5.74) is 1.41. The number of hydrogen-bond acceptors (Lipinski definition) is 3. The van der Waals surface area contributed by atoms with Crippen LogP contribution in [0, 0.1) is 5.82 Å². The van der Waals surface area contributed by atoms with E-state index in [9.17, 15) is 9.18 Å². The molecule has 0 spiro atoms. The summed E-state index contributed by atoms with van der Waals surface area (Å²) in [6.07, 6.45) is 5.95. The van der Waals surface area contributed by atoms with Crippen LogP contribution in [0.2, 0.25) is 0 Å². The van der Waals surface area contributed by atoms with E-state index in [-0.39, 0.29) is 22.3 Å². The number of quaternary nitrogens is 1. The summed E-state index contributed by atoms with van der Waals surface area (Å²) < 4.78 is 26.2. The fourth-order valence-corrected chi connectivity index (χ4v) is 4.50. The molecule has 28 heavy (non-hydrogen) atoms. The first-order valence-electron chi connectivity index (χ1n) is 10.1. The molecule has 1 heterocycles. The van der Waals surface area contributed by atoms with E-state index in [1.807, 2.05) is 24.3 Å². The molecule has 4 nitrogen and oxygen atoms in total. The standard InChI is InChI=1S/C23H27FNO3/c1-27-21-13-12-18(15-22(21)28-19-8-3-4-9-19)25(14-6-11-23(25)26)16-17-7-2-5-10-20(17)24/h2,5,7,10,12-13,15,19H,3-4,6,8-9,11,14,16H2,1H3/q+1. The van der Waals surface area contributed by atoms with Gasteiger partial charge in [0.25, 0.3) is 0 Å². The van der Waals surface area contributed by atoms with Crippen LogP contribution in [0.15, 0.2) is 42.5 Å². The number of likely N-dealkylation sites (tertiary alicyclic amines) is 1. The molecule has 1 aliphatic carbocycles. The van der Waals surface area contributed by atoms with E-state index in [1.54, 1.807) is 19.2 Å². The summed E-state index contributed by atoms with van der Waals surface area (Å²) >= 11 is 0. The lowest BCUT2D eigenvalue weighted by molar-refractivity contribution is -0.127. The summed E-state index contributed by atoms with van der Waals surface area (Å²) in [4.78, 5) is 13.0. The van der Waals surface area contributed by atoms with Gasteiger partial charge in [0.05, 0.1) is 26.2 Å². The van der Waals surface area contributed by atoms with Gasteiger partial charge in [0.15, 0.2) is 11.5 Å². The Kier molecular flexibility index (Phi) is 5.36. The van der Waals surface area contributed by atoms with Crippen molar-refractivity contribution in [2.24, 2.45) is 0 Å². The topological polar surface area (TPSA) is 35.5 Å². The Morgan fingerprint density at radius 1 is 1.07 bits per heavy atom. The van der Waals surface area contributed by atoms with Crippen LogP contribution in [0.4, 0.5) is 10.1 Å². The minimum atomic E-state index is -0.268. The first-order valence-corrected chi connectivity index (χ1v) is 10.1. The summed E-state index contributed by atoms with van der Waals surface area (Å²) in [7, 11) is 1.63. The zero-order valence-corrected chi connectivity index (χ0v) is 16.3. The monoisotopic (exact) mass is 384 g/mol. The van der Waals surface area contributed by atoms with Gasteiger partial charge in [-0.1, -0.05) is 18.2 Å². The minimum Gasteiger partial charge on any atom is -0.493 e. The third-order valence-electron chi connectivity index (χ3n) is 6.04. The normalized spacial score (nSPS) is 22.6. The molecule has 5 heteroatoms. The van der Waals surface area contributed by atoms with Gasteiger partial charge < -0.3 is 9.47 Å². The Labute approximate surface area is 165 Å². The maximum atomic E-state index is 14.4. The van der Waals surface area contributed by atoms with Gasteiger partial charge in [0, 0.05) is 24.1 Å². The van der Waals surface area contributed by atoms with Crippen LogP contribution >= 0.6 is 0 Å². The molecule has 148 valence electrons. The smallest absolute Gasteiger partial charge is 0.319 e. The Balaban J connectivity index is 1.72. The largest absolute Gasteiger partial charge is 0.493 e. The molecule has 4 rings (SSSR count). The van der Waals surface area contributed by atoms with Crippen molar-refractivity contribution in [3.63, 3.8) is 0 Å². The fraction of sp³-hybridized carbons (Fsp3) is 0.435. The summed E-state index contributed by atoms with van der Waals surface area (Å²) in [6.45, 7) is 0.989. The number of nitrogens with zero attached hydrogens (tertiary/aromatic N) is 1. The molecule has 1 atom stereocenters. The minimum absolute atomic E-state index is 0.125. The van der Waals surface area contributed by atoms with Crippen LogP contribution in [0.5, 0.6) is 11.5 Å². The lowest BCUT2D eigenvalue weighted by atomic mass is 10.1. The number of halogens is 1. The molecule has 1 aliphatic heterocycles. The van der Waals surface area contributed by atoms with Crippen molar-refractivity contribution in [2.45, 2.75) is 51.2 Å². The van der Waals surface area contributed by atoms with Gasteiger partial charge in [-0.2, -0.15) is 0 Å². The maximum Gasteiger partial charge on any atom is 0.319 e. The number of amides is 1. The Morgan fingerprint density at radius 3 is 2.54 bits per heavy atom. The predicted octanol–water partition coefficient (Wildman–Crippen LogP) is 4.98. The third-order valence-corrected chi connectivity index (χ3v) is 6.04. The average molecular weight is 384 g/mol. The Hall–Kier alpha value is -2.40. The maximum absolute atomic E-state index is 14.4. The zero-order chi connectivity index (χ0) is 19.6. The van der Waals surface area contributed by atoms with Crippen molar-refractivity contribution in [3.05, 3.63) is 53.8 Å². The third kappa shape index (κ3) is 3.51. The Bertz CT molecular complexity index is 863. The van der Waals surface area contributed by atoms with Gasteiger partial charge >= 0.3 is 5.91 Å². The molecular weight excluding hydrogens is 357 g/mol. The van der Waals surface area contributed by atoms with Crippen molar-refractivity contribution in [1.82, 2.24) is 4.48 Å². The molecule has 1 saturated carbocycles. The number of methoxy groups -OCH3 is 1. The van der Waals surface area contributed by atoms with Crippen LogP contribution < -0.4 is 14.0 Å². The van der Waals surface area contributed by atoms with E-state index < -0.39 is 0 Å². The van der Waals surface area contributed by atoms with Crippen LogP contribution in [0.1, 0.15) is 44.1 Å². The van der Waals surface area contributed by atoms with E-state index in [0.29, 0.717) is 36.6 Å². The van der Waals surface area contributed by atoms with E-state index in [0.717, 1.165) is 24.9 Å². The van der Waals surface area contributed by atoms with E-state index in [1.165, 1.54) is 18.9 Å². The highest BCUT2D eigenvalue weighted by atomic mass is 19.1. The van der Waals surface area contributed by atoms with Gasteiger partial charge in [-0.25, -0.2) is 13.7 Å². The molecular formula is C23H27FNO3+. The van der Waals surface area contributed by atoms with Crippen LogP contribution in [-0.4, -0.2) is 25.7 Å². The van der Waals surface area contributed by atoms with E-state index in [2.05, 4.69) is 0 Å². The van der Waals surface area contributed by atoms with Crippen LogP contribution in [-0.2, 0) is 11.3 Å². The fourth-order valence-electron chi connectivity index (χ4n) is 4.50. The second-order valence-electron chi connectivity index (χ2n) is 7.80. The number of rotatable bonds is 6. The number of benzene rings is 2. The molecule has 1 saturated heterocycles. The number of carbonyl (C=O) groups excluding carboxylic acids is 1. The SMILES string of the molecule is COc1ccc([N+]2(Cc3ccccc3F)CCCC2=O)cc1OC1CCCC1. The second kappa shape index (κ2) is 7.92. The first-order chi connectivity index (χ1) is 13.6. The summed E-state index contributed by atoms with van der Waals surface area (Å²) in [6, 6.07) is 12.4. The molecule has 2 aromatic carbocycles. The van der Waals surface area contributed by atoms with Crippen molar-refractivity contribution < 1.29 is 18.7 Å². The van der Waals surface area contributed by atoms with Crippen molar-refractivity contribution in [2.75, 3.05) is 13.7 Å². The second-order valence-corrected chi connectivity index (χ2v) is 7.80. The lowest BCUT2D eigenvalue weighted by Crippen LogP contribution is -2.49. The molecule has 2 fully saturated rings. The van der Waals surface area contributed by atoms with Crippen LogP contribution in [0.3, 0.4) is 0 Å². The Morgan fingerprint density at radius 2 is 1.86 bits per heavy atom. The quantitative estimate of drug-likeness (QED) is 0.659. The summed E-state index contributed by atoms with van der Waals surface area (Å²) in [5, 5.41) is 0. The van der Waals surface area contributed by atoms with Gasteiger partial charge in [-0.15, -0.1) is 0 Å². The molecule has 1 unspecified atom stereocenters. The van der Waals surface area contributed by atoms with E-state index >= 15 is 0 Å².